The molecule has 3 N–H and O–H groups in total. The molecule has 2 rings (SSSR count). The van der Waals surface area contributed by atoms with Gasteiger partial charge in [0.2, 0.25) is 0 Å². The first-order valence-corrected chi connectivity index (χ1v) is 6.60. The van der Waals surface area contributed by atoms with E-state index in [1.165, 1.54) is 5.56 Å². The second-order valence-corrected chi connectivity index (χ2v) is 4.67. The highest BCUT2D eigenvalue weighted by molar-refractivity contribution is 5.75. The fourth-order valence-electron chi connectivity index (χ4n) is 1.64. The van der Waals surface area contributed by atoms with Crippen LogP contribution in [-0.2, 0) is 4.79 Å². The number of rotatable bonds is 3. The van der Waals surface area contributed by atoms with Crippen molar-refractivity contribution < 1.29 is 9.90 Å². The molecule has 0 fully saturated rings. The minimum atomic E-state index is -0.781. The van der Waals surface area contributed by atoms with Crippen molar-refractivity contribution in [2.75, 3.05) is 0 Å². The number of aliphatic carboxylic acids is 1. The lowest BCUT2D eigenvalue weighted by atomic mass is 10.0. The van der Waals surface area contributed by atoms with Gasteiger partial charge in [0.1, 0.15) is 0 Å². The third kappa shape index (κ3) is 5.24. The minimum Gasteiger partial charge on any atom is -0.481 e. The number of carboxylic acid groups (broad SMARTS) is 1. The van der Waals surface area contributed by atoms with E-state index in [4.69, 9.17) is 10.8 Å². The molecule has 0 saturated heterocycles. The molecule has 0 amide bonds. The van der Waals surface area contributed by atoms with Crippen LogP contribution in [0.2, 0.25) is 0 Å². The van der Waals surface area contributed by atoms with E-state index in [1.54, 1.807) is 6.92 Å². The molecule has 0 radical (unpaired) electrons. The lowest BCUT2D eigenvalue weighted by molar-refractivity contribution is -0.138. The second kappa shape index (κ2) is 8.12. The molecule has 3 heteroatoms. The zero-order valence-electron chi connectivity index (χ0n) is 11.9. The summed E-state index contributed by atoms with van der Waals surface area (Å²) in [7, 11) is 0. The highest BCUT2D eigenvalue weighted by Crippen LogP contribution is 2.13. The molecule has 2 atom stereocenters. The normalized spacial score (nSPS) is 12.8. The third-order valence-electron chi connectivity index (χ3n) is 3.00. The van der Waals surface area contributed by atoms with Gasteiger partial charge in [-0.3, -0.25) is 4.79 Å². The summed E-state index contributed by atoms with van der Waals surface area (Å²) in [6.45, 7) is 3.66. The molecular formula is C17H21NO2. The van der Waals surface area contributed by atoms with E-state index in [1.807, 2.05) is 67.6 Å². The number of benzene rings is 2. The smallest absolute Gasteiger partial charge is 0.310 e. The first-order valence-electron chi connectivity index (χ1n) is 6.60. The van der Waals surface area contributed by atoms with E-state index in [-0.39, 0.29) is 6.04 Å². The van der Waals surface area contributed by atoms with Crippen molar-refractivity contribution in [3.63, 3.8) is 0 Å². The van der Waals surface area contributed by atoms with Crippen LogP contribution in [0.5, 0.6) is 0 Å². The van der Waals surface area contributed by atoms with Gasteiger partial charge in [-0.25, -0.2) is 0 Å². The molecule has 3 nitrogen and oxygen atoms in total. The Labute approximate surface area is 120 Å². The maximum absolute atomic E-state index is 10.5. The fraction of sp³-hybridized carbons (Fsp3) is 0.235. The van der Waals surface area contributed by atoms with Gasteiger partial charge >= 0.3 is 5.97 Å². The maximum atomic E-state index is 10.5. The molecule has 0 aliphatic carbocycles. The predicted molar refractivity (Wildman–Crippen MR) is 81.5 cm³/mol. The van der Waals surface area contributed by atoms with Gasteiger partial charge in [0.25, 0.3) is 0 Å². The summed E-state index contributed by atoms with van der Waals surface area (Å²) in [4.78, 5) is 10.5. The quantitative estimate of drug-likeness (QED) is 0.896. The van der Waals surface area contributed by atoms with Crippen LogP contribution in [-0.4, -0.2) is 11.1 Å². The van der Waals surface area contributed by atoms with E-state index >= 15 is 0 Å². The van der Waals surface area contributed by atoms with Crippen molar-refractivity contribution in [2.24, 2.45) is 5.73 Å². The predicted octanol–water partition coefficient (Wildman–Crippen LogP) is 3.58. The maximum Gasteiger partial charge on any atom is 0.310 e. The molecule has 0 aliphatic rings. The zero-order valence-corrected chi connectivity index (χ0v) is 11.9. The van der Waals surface area contributed by atoms with Gasteiger partial charge in [0.05, 0.1) is 5.92 Å². The van der Waals surface area contributed by atoms with Crippen LogP contribution < -0.4 is 5.73 Å². The number of carbonyl (C=O) groups is 1. The molecular weight excluding hydrogens is 250 g/mol. The first kappa shape index (κ1) is 15.9. The molecule has 0 spiro atoms. The highest BCUT2D eigenvalue weighted by Gasteiger charge is 2.11. The van der Waals surface area contributed by atoms with E-state index in [0.717, 1.165) is 5.56 Å². The largest absolute Gasteiger partial charge is 0.481 e. The van der Waals surface area contributed by atoms with Crippen molar-refractivity contribution in [1.82, 2.24) is 0 Å². The highest BCUT2D eigenvalue weighted by atomic mass is 16.4. The van der Waals surface area contributed by atoms with Crippen molar-refractivity contribution in [3.05, 3.63) is 71.8 Å². The van der Waals surface area contributed by atoms with Crippen molar-refractivity contribution in [3.8, 4) is 0 Å². The summed E-state index contributed by atoms with van der Waals surface area (Å²) >= 11 is 0. The van der Waals surface area contributed by atoms with Crippen LogP contribution >= 0.6 is 0 Å². The zero-order chi connectivity index (χ0) is 15.0. The molecule has 0 saturated carbocycles. The Hall–Kier alpha value is -2.13. The summed E-state index contributed by atoms with van der Waals surface area (Å²) in [5.74, 6) is -1.19. The van der Waals surface area contributed by atoms with Gasteiger partial charge < -0.3 is 10.8 Å². The molecule has 0 aromatic heterocycles. The number of hydrogen-bond donors (Lipinski definition) is 2. The average Bonchev–Trinajstić information content (AvgIpc) is 2.49. The van der Waals surface area contributed by atoms with Crippen molar-refractivity contribution >= 4 is 5.97 Å². The van der Waals surface area contributed by atoms with Gasteiger partial charge in [-0.15, -0.1) is 0 Å². The first-order chi connectivity index (χ1) is 9.52. The molecule has 106 valence electrons. The monoisotopic (exact) mass is 271 g/mol. The van der Waals surface area contributed by atoms with Gasteiger partial charge in [0.15, 0.2) is 0 Å². The molecule has 0 aliphatic heterocycles. The van der Waals surface area contributed by atoms with Crippen LogP contribution in [0.25, 0.3) is 0 Å². The van der Waals surface area contributed by atoms with Crippen LogP contribution in [0.15, 0.2) is 60.7 Å². The van der Waals surface area contributed by atoms with Gasteiger partial charge in [0, 0.05) is 6.04 Å². The van der Waals surface area contributed by atoms with Gasteiger partial charge in [-0.1, -0.05) is 60.7 Å². The number of nitrogens with two attached hydrogens (primary N) is 1. The van der Waals surface area contributed by atoms with Crippen molar-refractivity contribution in [2.45, 2.75) is 25.8 Å². The van der Waals surface area contributed by atoms with Crippen LogP contribution in [0.1, 0.15) is 36.9 Å². The molecule has 20 heavy (non-hydrogen) atoms. The Bertz CT molecular complexity index is 509. The van der Waals surface area contributed by atoms with Crippen LogP contribution in [0, 0.1) is 0 Å². The van der Waals surface area contributed by atoms with Crippen LogP contribution in [0.4, 0.5) is 0 Å². The SMILES string of the molecule is CC(C(=O)O)c1ccccc1.C[C@H](N)c1ccccc1. The molecule has 0 bridgehead atoms. The minimum absolute atomic E-state index is 0.159. The molecule has 0 heterocycles. The standard InChI is InChI=1S/C9H10O2.C8H11N/c1-7(9(10)11)8-5-3-2-4-6-8;1-7(9)8-5-3-2-4-6-8/h2-7H,1H3,(H,10,11);2-7H,9H2,1H3/t;7-/m.0/s1. The third-order valence-corrected chi connectivity index (χ3v) is 3.00. The second-order valence-electron chi connectivity index (χ2n) is 4.67. The molecule has 2 aromatic rings. The van der Waals surface area contributed by atoms with Gasteiger partial charge in [-0.05, 0) is 25.0 Å². The Morgan fingerprint density at radius 2 is 1.30 bits per heavy atom. The number of carboxylic acids is 1. The average molecular weight is 271 g/mol. The summed E-state index contributed by atoms with van der Waals surface area (Å²) in [6, 6.07) is 19.4. The van der Waals surface area contributed by atoms with Crippen LogP contribution in [0.3, 0.4) is 0 Å². The topological polar surface area (TPSA) is 63.3 Å². The fourth-order valence-corrected chi connectivity index (χ4v) is 1.64. The lowest BCUT2D eigenvalue weighted by Gasteiger charge is -2.04. The van der Waals surface area contributed by atoms with E-state index in [9.17, 15) is 4.79 Å². The number of hydrogen-bond acceptors (Lipinski definition) is 2. The molecule has 1 unspecified atom stereocenters. The Morgan fingerprint density at radius 3 is 1.60 bits per heavy atom. The Kier molecular flexibility index (Phi) is 6.47. The van der Waals surface area contributed by atoms with Gasteiger partial charge in [-0.2, -0.15) is 0 Å². The summed E-state index contributed by atoms with van der Waals surface area (Å²) in [6.07, 6.45) is 0. The Morgan fingerprint density at radius 1 is 0.900 bits per heavy atom. The van der Waals surface area contributed by atoms with Crippen molar-refractivity contribution in [1.29, 1.82) is 0 Å². The molecule has 2 aromatic carbocycles. The van der Waals surface area contributed by atoms with E-state index in [2.05, 4.69) is 0 Å². The lowest BCUT2D eigenvalue weighted by Crippen LogP contribution is -2.06. The summed E-state index contributed by atoms with van der Waals surface area (Å²) < 4.78 is 0. The Balaban J connectivity index is 0.000000204. The summed E-state index contributed by atoms with van der Waals surface area (Å²) in [5, 5.41) is 8.64. The van der Waals surface area contributed by atoms with E-state index < -0.39 is 11.9 Å². The summed E-state index contributed by atoms with van der Waals surface area (Å²) in [5.41, 5.74) is 7.65. The van der Waals surface area contributed by atoms with E-state index in [0.29, 0.717) is 0 Å².